The predicted molar refractivity (Wildman–Crippen MR) is 78.7 cm³/mol. The summed E-state index contributed by atoms with van der Waals surface area (Å²) in [6, 6.07) is 4.79. The monoisotopic (exact) mass is 326 g/mol. The Morgan fingerprint density at radius 1 is 1.48 bits per heavy atom. The highest BCUT2D eigenvalue weighted by atomic mass is 32.2. The number of aromatic nitrogens is 1. The molecule has 2 aromatic rings. The van der Waals surface area contributed by atoms with Crippen molar-refractivity contribution in [2.24, 2.45) is 5.41 Å². The normalized spacial score (nSPS) is 23.7. The summed E-state index contributed by atoms with van der Waals surface area (Å²) >= 11 is 1.38. The topological polar surface area (TPSA) is 87.6 Å². The lowest BCUT2D eigenvalue weighted by Gasteiger charge is -2.20. The van der Waals surface area contributed by atoms with Gasteiger partial charge in [-0.3, -0.25) is 4.79 Å². The van der Waals surface area contributed by atoms with E-state index < -0.39 is 21.4 Å². The zero-order valence-electron chi connectivity index (χ0n) is 11.3. The quantitative estimate of drug-likeness (QED) is 0.929. The van der Waals surface area contributed by atoms with Crippen molar-refractivity contribution in [3.05, 3.63) is 23.7 Å². The van der Waals surface area contributed by atoms with E-state index in [1.165, 1.54) is 21.7 Å². The largest absolute Gasteiger partial charge is 0.481 e. The molecule has 8 heteroatoms. The molecule has 0 spiro atoms. The van der Waals surface area contributed by atoms with Crippen LogP contribution in [0.15, 0.2) is 28.6 Å². The number of aliphatic carboxylic acids is 1. The van der Waals surface area contributed by atoms with Gasteiger partial charge in [0.1, 0.15) is 0 Å². The SMILES string of the molecule is CC1(C(=O)O)CCN(S(=O)(=O)c2ccc3ncsc3c2)C1. The van der Waals surface area contributed by atoms with Gasteiger partial charge in [0.2, 0.25) is 10.0 Å². The summed E-state index contributed by atoms with van der Waals surface area (Å²) in [6.45, 7) is 1.81. The van der Waals surface area contributed by atoms with Gasteiger partial charge in [0.15, 0.2) is 0 Å². The van der Waals surface area contributed by atoms with E-state index >= 15 is 0 Å². The first-order valence-corrected chi connectivity index (χ1v) is 8.72. The number of carboxylic acid groups (broad SMARTS) is 1. The lowest BCUT2D eigenvalue weighted by atomic mass is 9.90. The molecule has 6 nitrogen and oxygen atoms in total. The maximum absolute atomic E-state index is 12.6. The average molecular weight is 326 g/mol. The first-order chi connectivity index (χ1) is 9.83. The molecule has 0 radical (unpaired) electrons. The molecule has 2 heterocycles. The van der Waals surface area contributed by atoms with Crippen molar-refractivity contribution in [1.82, 2.24) is 9.29 Å². The number of benzene rings is 1. The second kappa shape index (κ2) is 4.75. The Morgan fingerprint density at radius 2 is 2.24 bits per heavy atom. The maximum Gasteiger partial charge on any atom is 0.310 e. The van der Waals surface area contributed by atoms with Gasteiger partial charge in [-0.05, 0) is 31.5 Å². The highest BCUT2D eigenvalue weighted by molar-refractivity contribution is 7.89. The summed E-state index contributed by atoms with van der Waals surface area (Å²) in [5.41, 5.74) is 1.41. The number of carbonyl (C=O) groups is 1. The summed E-state index contributed by atoms with van der Waals surface area (Å²) in [6.07, 6.45) is 0.324. The van der Waals surface area contributed by atoms with Gasteiger partial charge in [-0.1, -0.05) is 0 Å². The summed E-state index contributed by atoms with van der Waals surface area (Å²) in [5.74, 6) is -0.960. The van der Waals surface area contributed by atoms with Crippen LogP contribution in [0.4, 0.5) is 0 Å². The highest BCUT2D eigenvalue weighted by Gasteiger charge is 2.44. The molecule has 1 aromatic heterocycles. The third-order valence-corrected chi connectivity index (χ3v) is 6.53. The van der Waals surface area contributed by atoms with Crippen LogP contribution in [-0.2, 0) is 14.8 Å². The van der Waals surface area contributed by atoms with E-state index in [0.717, 1.165) is 10.2 Å². The summed E-state index contributed by atoms with van der Waals surface area (Å²) in [4.78, 5) is 15.6. The number of rotatable bonds is 3. The van der Waals surface area contributed by atoms with Crippen molar-refractivity contribution in [2.45, 2.75) is 18.2 Å². The number of thiazole rings is 1. The fraction of sp³-hybridized carbons (Fsp3) is 0.385. The molecule has 1 aliphatic heterocycles. The summed E-state index contributed by atoms with van der Waals surface area (Å²) in [7, 11) is -3.66. The van der Waals surface area contributed by atoms with Crippen LogP contribution in [0.25, 0.3) is 10.2 Å². The fourth-order valence-corrected chi connectivity index (χ4v) is 4.83. The molecule has 3 rings (SSSR count). The zero-order valence-corrected chi connectivity index (χ0v) is 12.9. The van der Waals surface area contributed by atoms with Gasteiger partial charge in [-0.2, -0.15) is 4.31 Å². The summed E-state index contributed by atoms with van der Waals surface area (Å²) in [5, 5.41) is 9.21. The Bertz CT molecular complexity index is 814. The van der Waals surface area contributed by atoms with Crippen LogP contribution in [0.2, 0.25) is 0 Å². The molecule has 1 unspecified atom stereocenters. The Hall–Kier alpha value is -1.51. The Morgan fingerprint density at radius 3 is 2.90 bits per heavy atom. The van der Waals surface area contributed by atoms with E-state index in [9.17, 15) is 18.3 Å². The molecule has 1 saturated heterocycles. The van der Waals surface area contributed by atoms with E-state index in [-0.39, 0.29) is 18.0 Å². The van der Waals surface area contributed by atoms with Crippen molar-refractivity contribution in [2.75, 3.05) is 13.1 Å². The molecule has 1 aliphatic rings. The third-order valence-electron chi connectivity index (χ3n) is 3.90. The minimum atomic E-state index is -3.66. The molecule has 1 N–H and O–H groups in total. The molecule has 0 aliphatic carbocycles. The van der Waals surface area contributed by atoms with Crippen molar-refractivity contribution >= 4 is 37.5 Å². The van der Waals surface area contributed by atoms with E-state index in [0.29, 0.717) is 6.42 Å². The lowest BCUT2D eigenvalue weighted by molar-refractivity contribution is -0.146. The van der Waals surface area contributed by atoms with E-state index in [1.807, 2.05) is 0 Å². The van der Waals surface area contributed by atoms with E-state index in [4.69, 9.17) is 0 Å². The zero-order chi connectivity index (χ0) is 15.3. The Labute approximate surface area is 126 Å². The van der Waals surface area contributed by atoms with E-state index in [2.05, 4.69) is 4.98 Å². The summed E-state index contributed by atoms with van der Waals surface area (Å²) < 4.78 is 27.3. The number of hydrogen-bond acceptors (Lipinski definition) is 5. The molecule has 0 saturated carbocycles. The highest BCUT2D eigenvalue weighted by Crippen LogP contribution is 2.34. The van der Waals surface area contributed by atoms with Crippen LogP contribution in [0.3, 0.4) is 0 Å². The van der Waals surface area contributed by atoms with Crippen LogP contribution >= 0.6 is 11.3 Å². The second-order valence-corrected chi connectivity index (χ2v) is 8.26. The van der Waals surface area contributed by atoms with Crippen molar-refractivity contribution in [3.63, 3.8) is 0 Å². The van der Waals surface area contributed by atoms with E-state index in [1.54, 1.807) is 24.6 Å². The molecule has 0 bridgehead atoms. The first-order valence-electron chi connectivity index (χ1n) is 6.40. The van der Waals surface area contributed by atoms with Gasteiger partial charge >= 0.3 is 5.97 Å². The van der Waals surface area contributed by atoms with Crippen LogP contribution in [0, 0.1) is 5.41 Å². The number of carboxylic acids is 1. The minimum Gasteiger partial charge on any atom is -0.481 e. The van der Waals surface area contributed by atoms with Crippen LogP contribution in [-0.4, -0.2) is 41.9 Å². The van der Waals surface area contributed by atoms with Gasteiger partial charge in [0.05, 0.1) is 26.0 Å². The molecule has 0 amide bonds. The second-order valence-electron chi connectivity index (χ2n) is 5.44. The number of fused-ring (bicyclic) bond motifs is 1. The standard InChI is InChI=1S/C13H14N2O4S2/c1-13(12(16)17)4-5-15(7-13)21(18,19)9-2-3-10-11(6-9)20-8-14-10/h2-3,6,8H,4-5,7H2,1H3,(H,16,17). The molecular weight excluding hydrogens is 312 g/mol. The fourth-order valence-electron chi connectivity index (χ4n) is 2.44. The molecular formula is C13H14N2O4S2. The van der Waals surface area contributed by atoms with Crippen molar-refractivity contribution < 1.29 is 18.3 Å². The van der Waals surface area contributed by atoms with Crippen molar-refractivity contribution in [3.8, 4) is 0 Å². The van der Waals surface area contributed by atoms with Crippen LogP contribution in [0.5, 0.6) is 0 Å². The maximum atomic E-state index is 12.6. The third kappa shape index (κ3) is 2.33. The smallest absolute Gasteiger partial charge is 0.310 e. The van der Waals surface area contributed by atoms with Crippen LogP contribution < -0.4 is 0 Å². The first kappa shape index (κ1) is 14.4. The van der Waals surface area contributed by atoms with Gasteiger partial charge in [-0.25, -0.2) is 13.4 Å². The minimum absolute atomic E-state index is 0.00535. The molecule has 1 aromatic carbocycles. The number of hydrogen-bond donors (Lipinski definition) is 1. The average Bonchev–Trinajstić information content (AvgIpc) is 3.05. The van der Waals surface area contributed by atoms with Gasteiger partial charge in [-0.15, -0.1) is 11.3 Å². The van der Waals surface area contributed by atoms with Gasteiger partial charge in [0.25, 0.3) is 0 Å². The van der Waals surface area contributed by atoms with Gasteiger partial charge < -0.3 is 5.11 Å². The Balaban J connectivity index is 1.95. The molecule has 1 atom stereocenters. The predicted octanol–water partition coefficient (Wildman–Crippen LogP) is 1.78. The number of nitrogens with zero attached hydrogens (tertiary/aromatic N) is 2. The van der Waals surface area contributed by atoms with Gasteiger partial charge in [0, 0.05) is 13.1 Å². The van der Waals surface area contributed by atoms with Crippen LogP contribution in [0.1, 0.15) is 13.3 Å². The molecule has 1 fully saturated rings. The van der Waals surface area contributed by atoms with Crippen molar-refractivity contribution in [1.29, 1.82) is 0 Å². The lowest BCUT2D eigenvalue weighted by Crippen LogP contribution is -2.34. The molecule has 21 heavy (non-hydrogen) atoms. The Kier molecular flexibility index (Phi) is 3.27. The molecule has 112 valence electrons. The number of sulfonamides is 1.